The van der Waals surface area contributed by atoms with Gasteiger partial charge in [0.05, 0.1) is 11.9 Å². The van der Waals surface area contributed by atoms with Crippen LogP contribution in [0.5, 0.6) is 0 Å². The van der Waals surface area contributed by atoms with Crippen molar-refractivity contribution >= 4 is 29.2 Å². The maximum Gasteiger partial charge on any atom is 0.256 e. The van der Waals surface area contributed by atoms with Gasteiger partial charge in [-0.25, -0.2) is 0 Å². The lowest BCUT2D eigenvalue weighted by Gasteiger charge is -2.07. The predicted octanol–water partition coefficient (Wildman–Crippen LogP) is 1.98. The number of carbonyl (C=O) groups excluding carboxylic acids is 1. The van der Waals surface area contributed by atoms with Crippen molar-refractivity contribution in [1.82, 2.24) is 9.78 Å². The monoisotopic (exact) mass is 262 g/mol. The number of nitrogens with one attached hydrogen (secondary N) is 1. The molecule has 1 amide bonds. The molecule has 0 bridgehead atoms. The lowest BCUT2D eigenvalue weighted by molar-refractivity contribution is 0.102. The number of nitrogens with two attached hydrogens (primary N) is 1. The standard InChI is InChI=1S/C12H14N4OS/c1-16-11(10(13)7-14-16)15-12(17)8-3-5-9(18-2)6-4-8/h3-7H,13H2,1-2H3,(H,15,17). The van der Waals surface area contributed by atoms with E-state index in [4.69, 9.17) is 5.73 Å². The van der Waals surface area contributed by atoms with Crippen LogP contribution in [-0.2, 0) is 7.05 Å². The summed E-state index contributed by atoms with van der Waals surface area (Å²) in [7, 11) is 1.72. The second-order valence-corrected chi connectivity index (χ2v) is 4.63. The fourth-order valence-electron chi connectivity index (χ4n) is 1.53. The van der Waals surface area contributed by atoms with E-state index in [1.165, 1.54) is 10.9 Å². The van der Waals surface area contributed by atoms with Crippen molar-refractivity contribution in [2.45, 2.75) is 4.90 Å². The number of amides is 1. The molecule has 1 aromatic carbocycles. The first-order valence-electron chi connectivity index (χ1n) is 5.34. The molecular weight excluding hydrogens is 248 g/mol. The lowest BCUT2D eigenvalue weighted by Crippen LogP contribution is -2.15. The molecule has 0 fully saturated rings. The smallest absolute Gasteiger partial charge is 0.256 e. The maximum absolute atomic E-state index is 12.0. The number of hydrogen-bond acceptors (Lipinski definition) is 4. The van der Waals surface area contributed by atoms with Crippen molar-refractivity contribution in [2.75, 3.05) is 17.3 Å². The van der Waals surface area contributed by atoms with E-state index >= 15 is 0 Å². The van der Waals surface area contributed by atoms with Crippen LogP contribution in [0.2, 0.25) is 0 Å². The van der Waals surface area contributed by atoms with Crippen molar-refractivity contribution in [2.24, 2.45) is 7.05 Å². The Labute approximate surface area is 109 Å². The Hall–Kier alpha value is -1.95. The average molecular weight is 262 g/mol. The van der Waals surface area contributed by atoms with Gasteiger partial charge in [-0.1, -0.05) is 0 Å². The molecule has 2 aromatic rings. The number of carbonyl (C=O) groups is 1. The van der Waals surface area contributed by atoms with Crippen molar-refractivity contribution in [3.05, 3.63) is 36.0 Å². The van der Waals surface area contributed by atoms with Gasteiger partial charge in [-0.05, 0) is 30.5 Å². The van der Waals surface area contributed by atoms with Gasteiger partial charge in [0.1, 0.15) is 0 Å². The third-order valence-corrected chi connectivity index (χ3v) is 3.29. The highest BCUT2D eigenvalue weighted by Crippen LogP contribution is 2.18. The molecule has 0 aliphatic carbocycles. The lowest BCUT2D eigenvalue weighted by atomic mass is 10.2. The van der Waals surface area contributed by atoms with Crippen LogP contribution in [0.4, 0.5) is 11.5 Å². The molecule has 0 unspecified atom stereocenters. The van der Waals surface area contributed by atoms with E-state index in [0.717, 1.165) is 4.90 Å². The number of nitrogen functional groups attached to an aromatic ring is 1. The van der Waals surface area contributed by atoms with E-state index in [1.807, 2.05) is 18.4 Å². The fraction of sp³-hybridized carbons (Fsp3) is 0.167. The Balaban J connectivity index is 2.17. The highest BCUT2D eigenvalue weighted by molar-refractivity contribution is 7.98. The zero-order valence-electron chi connectivity index (χ0n) is 10.2. The first kappa shape index (κ1) is 12.5. The second-order valence-electron chi connectivity index (χ2n) is 3.75. The molecule has 6 heteroatoms. The molecule has 0 spiro atoms. The molecule has 0 aliphatic rings. The number of thioether (sulfide) groups is 1. The van der Waals surface area contributed by atoms with E-state index in [2.05, 4.69) is 10.4 Å². The van der Waals surface area contributed by atoms with Crippen molar-refractivity contribution in [3.8, 4) is 0 Å². The first-order valence-corrected chi connectivity index (χ1v) is 6.57. The van der Waals surface area contributed by atoms with Crippen LogP contribution in [-0.4, -0.2) is 21.9 Å². The first-order chi connectivity index (χ1) is 8.61. The summed E-state index contributed by atoms with van der Waals surface area (Å²) in [5.41, 5.74) is 6.75. The van der Waals surface area contributed by atoms with E-state index in [0.29, 0.717) is 17.1 Å². The summed E-state index contributed by atoms with van der Waals surface area (Å²) in [6.45, 7) is 0. The number of aromatic nitrogens is 2. The highest BCUT2D eigenvalue weighted by Gasteiger charge is 2.11. The van der Waals surface area contributed by atoms with Crippen LogP contribution < -0.4 is 11.1 Å². The van der Waals surface area contributed by atoms with Crippen molar-refractivity contribution < 1.29 is 4.79 Å². The van der Waals surface area contributed by atoms with Crippen LogP contribution in [0.25, 0.3) is 0 Å². The molecule has 3 N–H and O–H groups in total. The van der Waals surface area contributed by atoms with Gasteiger partial charge in [0.25, 0.3) is 5.91 Å². The maximum atomic E-state index is 12.0. The Morgan fingerprint density at radius 2 is 2.06 bits per heavy atom. The summed E-state index contributed by atoms with van der Waals surface area (Å²) in [6, 6.07) is 7.39. The number of nitrogens with zero attached hydrogens (tertiary/aromatic N) is 2. The summed E-state index contributed by atoms with van der Waals surface area (Å²) in [4.78, 5) is 13.1. The SMILES string of the molecule is CSc1ccc(C(=O)Nc2c(N)cnn2C)cc1. The van der Waals surface area contributed by atoms with Gasteiger partial charge < -0.3 is 11.1 Å². The number of rotatable bonds is 3. The van der Waals surface area contributed by atoms with Crippen LogP contribution >= 0.6 is 11.8 Å². The zero-order valence-corrected chi connectivity index (χ0v) is 11.0. The summed E-state index contributed by atoms with van der Waals surface area (Å²) >= 11 is 1.63. The summed E-state index contributed by atoms with van der Waals surface area (Å²) in [6.07, 6.45) is 3.50. The van der Waals surface area contributed by atoms with Gasteiger partial charge in [0.15, 0.2) is 5.82 Å². The molecule has 1 aromatic heterocycles. The molecule has 0 saturated heterocycles. The Kier molecular flexibility index (Phi) is 3.57. The Morgan fingerprint density at radius 3 is 2.56 bits per heavy atom. The van der Waals surface area contributed by atoms with Gasteiger partial charge in [0, 0.05) is 17.5 Å². The number of hydrogen-bond donors (Lipinski definition) is 2. The summed E-state index contributed by atoms with van der Waals surface area (Å²) < 4.78 is 1.53. The predicted molar refractivity (Wildman–Crippen MR) is 73.8 cm³/mol. The molecule has 0 radical (unpaired) electrons. The van der Waals surface area contributed by atoms with Crippen LogP contribution in [0.1, 0.15) is 10.4 Å². The molecule has 94 valence electrons. The second kappa shape index (κ2) is 5.14. The topological polar surface area (TPSA) is 72.9 Å². The van der Waals surface area contributed by atoms with Crippen LogP contribution in [0.3, 0.4) is 0 Å². The number of benzene rings is 1. The van der Waals surface area contributed by atoms with Gasteiger partial charge in [-0.2, -0.15) is 5.10 Å². The van der Waals surface area contributed by atoms with Gasteiger partial charge >= 0.3 is 0 Å². The largest absolute Gasteiger partial charge is 0.394 e. The molecule has 1 heterocycles. The van der Waals surface area contributed by atoms with Crippen LogP contribution in [0.15, 0.2) is 35.4 Å². The third-order valence-electron chi connectivity index (χ3n) is 2.55. The fourth-order valence-corrected chi connectivity index (χ4v) is 1.94. The highest BCUT2D eigenvalue weighted by atomic mass is 32.2. The molecule has 0 atom stereocenters. The summed E-state index contributed by atoms with van der Waals surface area (Å²) in [5.74, 6) is 0.312. The van der Waals surface area contributed by atoms with E-state index < -0.39 is 0 Å². The van der Waals surface area contributed by atoms with Crippen molar-refractivity contribution in [3.63, 3.8) is 0 Å². The minimum atomic E-state index is -0.196. The molecular formula is C12H14N4OS. The molecule has 18 heavy (non-hydrogen) atoms. The van der Waals surface area contributed by atoms with Gasteiger partial charge in [-0.3, -0.25) is 9.48 Å². The summed E-state index contributed by atoms with van der Waals surface area (Å²) in [5, 5.41) is 6.71. The van der Waals surface area contributed by atoms with Crippen LogP contribution in [0, 0.1) is 0 Å². The van der Waals surface area contributed by atoms with Crippen molar-refractivity contribution in [1.29, 1.82) is 0 Å². The molecule has 2 rings (SSSR count). The number of anilines is 2. The Bertz CT molecular complexity index is 542. The quantitative estimate of drug-likeness (QED) is 0.830. The molecule has 5 nitrogen and oxygen atoms in total. The minimum Gasteiger partial charge on any atom is -0.394 e. The third kappa shape index (κ3) is 2.48. The van der Waals surface area contributed by atoms with E-state index in [9.17, 15) is 4.79 Å². The van der Waals surface area contributed by atoms with E-state index in [-0.39, 0.29) is 5.91 Å². The Morgan fingerprint density at radius 1 is 1.39 bits per heavy atom. The normalized spacial score (nSPS) is 10.3. The average Bonchev–Trinajstić information content (AvgIpc) is 2.70. The number of aryl methyl sites for hydroxylation is 1. The van der Waals surface area contributed by atoms with E-state index in [1.54, 1.807) is 30.9 Å². The molecule has 0 saturated carbocycles. The minimum absolute atomic E-state index is 0.196. The molecule has 0 aliphatic heterocycles. The van der Waals surface area contributed by atoms with Gasteiger partial charge in [0.2, 0.25) is 0 Å². The zero-order chi connectivity index (χ0) is 13.1. The van der Waals surface area contributed by atoms with Gasteiger partial charge in [-0.15, -0.1) is 11.8 Å².